The van der Waals surface area contributed by atoms with E-state index in [1.807, 2.05) is 0 Å². The average molecular weight is 335 g/mol. The number of nitrogens with two attached hydrogens (primary N) is 1. The Morgan fingerprint density at radius 3 is 3.06 bits per heavy atom. The van der Waals surface area contributed by atoms with Crippen molar-refractivity contribution < 1.29 is 9.53 Å². The second kappa shape index (κ2) is 5.13. The fourth-order valence-electron chi connectivity index (χ4n) is 1.69. The quantitative estimate of drug-likeness (QED) is 0.809. The minimum atomic E-state index is -0.716. The first kappa shape index (κ1) is 13.7. The van der Waals surface area contributed by atoms with E-state index in [9.17, 15) is 4.79 Å². The van der Waals surface area contributed by atoms with Gasteiger partial charge < -0.3 is 15.8 Å². The molecule has 2 atom stereocenters. The summed E-state index contributed by atoms with van der Waals surface area (Å²) >= 11 is 9.03. The molecule has 1 aromatic rings. The van der Waals surface area contributed by atoms with Crippen molar-refractivity contribution in [1.82, 2.24) is 4.98 Å². The van der Waals surface area contributed by atoms with Crippen LogP contribution in [-0.4, -0.2) is 30.1 Å². The molecule has 98 valence electrons. The molecular weight excluding hydrogens is 321 g/mol. The first-order valence-corrected chi connectivity index (χ1v) is 6.56. The van der Waals surface area contributed by atoms with Crippen molar-refractivity contribution in [2.24, 2.45) is 11.1 Å². The summed E-state index contributed by atoms with van der Waals surface area (Å²) in [6, 6.07) is 1.39. The van der Waals surface area contributed by atoms with Crippen molar-refractivity contribution in [1.29, 1.82) is 0 Å². The first-order valence-electron chi connectivity index (χ1n) is 5.39. The van der Waals surface area contributed by atoms with Gasteiger partial charge in [0.1, 0.15) is 5.15 Å². The number of halogens is 2. The topological polar surface area (TPSA) is 77.2 Å². The van der Waals surface area contributed by atoms with Gasteiger partial charge in [-0.1, -0.05) is 11.6 Å². The van der Waals surface area contributed by atoms with E-state index in [2.05, 4.69) is 26.2 Å². The number of amides is 1. The van der Waals surface area contributed by atoms with Crippen LogP contribution in [0.5, 0.6) is 0 Å². The van der Waals surface area contributed by atoms with Crippen LogP contribution in [-0.2, 0) is 9.53 Å². The molecule has 0 radical (unpaired) electrons. The number of nitrogens with one attached hydrogen (secondary N) is 1. The second-order valence-corrected chi connectivity index (χ2v) is 5.70. The molecule has 2 unspecified atom stereocenters. The van der Waals surface area contributed by atoms with E-state index in [0.29, 0.717) is 28.5 Å². The number of hydrogen-bond acceptors (Lipinski definition) is 4. The Labute approximate surface area is 118 Å². The molecular formula is C11H13BrClN3O2. The molecule has 3 N–H and O–H groups in total. The summed E-state index contributed by atoms with van der Waals surface area (Å²) in [6.07, 6.45) is 1.50. The highest BCUT2D eigenvalue weighted by atomic mass is 79.9. The van der Waals surface area contributed by atoms with Crippen molar-refractivity contribution in [2.45, 2.75) is 13.0 Å². The largest absolute Gasteiger partial charge is 0.379 e. The number of pyridine rings is 1. The van der Waals surface area contributed by atoms with Crippen LogP contribution in [0.4, 0.5) is 5.69 Å². The Morgan fingerprint density at radius 1 is 1.78 bits per heavy atom. The standard InChI is InChI=1S/C11H13BrClN3O2/c1-11(5-18-4-8(11)14)10(17)16-6-2-7(12)9(13)15-3-6/h2-3,8H,4-5,14H2,1H3,(H,16,17). The minimum absolute atomic E-state index is 0.177. The van der Waals surface area contributed by atoms with E-state index in [-0.39, 0.29) is 11.9 Å². The summed E-state index contributed by atoms with van der Waals surface area (Å²) in [7, 11) is 0. The second-order valence-electron chi connectivity index (χ2n) is 4.49. The first-order chi connectivity index (χ1) is 8.43. The number of aromatic nitrogens is 1. The molecule has 1 aromatic heterocycles. The number of carbonyl (C=O) groups is 1. The Morgan fingerprint density at radius 2 is 2.50 bits per heavy atom. The number of nitrogens with zero attached hydrogens (tertiary/aromatic N) is 1. The lowest BCUT2D eigenvalue weighted by Crippen LogP contribution is -2.47. The van der Waals surface area contributed by atoms with Gasteiger partial charge in [-0.2, -0.15) is 0 Å². The van der Waals surface area contributed by atoms with Gasteiger partial charge in [0.15, 0.2) is 0 Å². The van der Waals surface area contributed by atoms with Gasteiger partial charge in [-0.15, -0.1) is 0 Å². The molecule has 18 heavy (non-hydrogen) atoms. The molecule has 0 saturated carbocycles. The number of carbonyl (C=O) groups excluding carboxylic acids is 1. The summed E-state index contributed by atoms with van der Waals surface area (Å²) in [6.45, 7) is 2.51. The van der Waals surface area contributed by atoms with Crippen LogP contribution < -0.4 is 11.1 Å². The molecule has 1 aliphatic heterocycles. The maximum atomic E-state index is 12.2. The number of rotatable bonds is 2. The van der Waals surface area contributed by atoms with E-state index in [1.54, 1.807) is 13.0 Å². The van der Waals surface area contributed by atoms with Crippen LogP contribution in [0.15, 0.2) is 16.7 Å². The van der Waals surface area contributed by atoms with Crippen molar-refractivity contribution in [3.63, 3.8) is 0 Å². The molecule has 7 heteroatoms. The summed E-state index contributed by atoms with van der Waals surface area (Å²) in [5.41, 5.74) is 5.74. The van der Waals surface area contributed by atoms with Crippen molar-refractivity contribution in [2.75, 3.05) is 18.5 Å². The fraction of sp³-hybridized carbons (Fsp3) is 0.455. The summed E-state index contributed by atoms with van der Waals surface area (Å²) < 4.78 is 5.87. The monoisotopic (exact) mass is 333 g/mol. The lowest BCUT2D eigenvalue weighted by atomic mass is 9.85. The van der Waals surface area contributed by atoms with Gasteiger partial charge in [0, 0.05) is 6.04 Å². The molecule has 1 fully saturated rings. The van der Waals surface area contributed by atoms with Gasteiger partial charge in [-0.25, -0.2) is 4.98 Å². The van der Waals surface area contributed by atoms with Crippen LogP contribution in [0, 0.1) is 5.41 Å². The highest BCUT2D eigenvalue weighted by Crippen LogP contribution is 2.29. The van der Waals surface area contributed by atoms with Crippen LogP contribution in [0.2, 0.25) is 5.15 Å². The molecule has 0 bridgehead atoms. The molecule has 2 rings (SSSR count). The molecule has 1 amide bonds. The lowest BCUT2D eigenvalue weighted by molar-refractivity contribution is -0.125. The Kier molecular flexibility index (Phi) is 3.91. The number of ether oxygens (including phenoxy) is 1. The smallest absolute Gasteiger partial charge is 0.234 e. The third kappa shape index (κ3) is 2.51. The third-order valence-electron chi connectivity index (χ3n) is 3.09. The van der Waals surface area contributed by atoms with Crippen LogP contribution in [0.3, 0.4) is 0 Å². The van der Waals surface area contributed by atoms with Crippen LogP contribution >= 0.6 is 27.5 Å². The summed E-state index contributed by atoms with van der Waals surface area (Å²) in [5.74, 6) is -0.177. The highest BCUT2D eigenvalue weighted by Gasteiger charge is 2.44. The normalized spacial score (nSPS) is 27.2. The van der Waals surface area contributed by atoms with E-state index in [4.69, 9.17) is 22.1 Å². The minimum Gasteiger partial charge on any atom is -0.379 e. The zero-order chi connectivity index (χ0) is 13.3. The van der Waals surface area contributed by atoms with Crippen molar-refractivity contribution in [3.05, 3.63) is 21.9 Å². The van der Waals surface area contributed by atoms with Gasteiger partial charge in [0.25, 0.3) is 0 Å². The average Bonchev–Trinajstić information content (AvgIpc) is 2.66. The molecule has 5 nitrogen and oxygen atoms in total. The summed E-state index contributed by atoms with van der Waals surface area (Å²) in [5, 5.41) is 3.12. The van der Waals surface area contributed by atoms with E-state index >= 15 is 0 Å². The van der Waals surface area contributed by atoms with E-state index in [1.165, 1.54) is 6.20 Å². The SMILES string of the molecule is CC1(C(=O)Nc2cnc(Cl)c(Br)c2)COCC1N. The Balaban J connectivity index is 2.14. The zero-order valence-electron chi connectivity index (χ0n) is 9.74. The Bertz CT molecular complexity index is 485. The maximum absolute atomic E-state index is 12.2. The Hall–Kier alpha value is -0.690. The molecule has 0 spiro atoms. The molecule has 0 aromatic carbocycles. The van der Waals surface area contributed by atoms with Gasteiger partial charge in [0.2, 0.25) is 5.91 Å². The molecule has 1 saturated heterocycles. The lowest BCUT2D eigenvalue weighted by Gasteiger charge is -2.25. The predicted octanol–water partition coefficient (Wildman–Crippen LogP) is 1.80. The number of anilines is 1. The third-order valence-corrected chi connectivity index (χ3v) is 4.22. The van der Waals surface area contributed by atoms with Gasteiger partial charge in [0.05, 0.1) is 35.0 Å². The predicted molar refractivity (Wildman–Crippen MR) is 72.5 cm³/mol. The fourth-order valence-corrected chi connectivity index (χ4v) is 2.14. The molecule has 2 heterocycles. The molecule has 1 aliphatic rings. The maximum Gasteiger partial charge on any atom is 0.234 e. The van der Waals surface area contributed by atoms with Crippen molar-refractivity contribution >= 4 is 39.1 Å². The highest BCUT2D eigenvalue weighted by molar-refractivity contribution is 9.10. The van der Waals surface area contributed by atoms with Crippen molar-refractivity contribution in [3.8, 4) is 0 Å². The number of hydrogen-bond donors (Lipinski definition) is 2. The van der Waals surface area contributed by atoms with Crippen LogP contribution in [0.25, 0.3) is 0 Å². The van der Waals surface area contributed by atoms with Gasteiger partial charge in [-0.05, 0) is 28.9 Å². The zero-order valence-corrected chi connectivity index (χ0v) is 12.1. The summed E-state index contributed by atoms with van der Waals surface area (Å²) in [4.78, 5) is 16.1. The van der Waals surface area contributed by atoms with Gasteiger partial charge >= 0.3 is 0 Å². The van der Waals surface area contributed by atoms with E-state index in [0.717, 1.165) is 0 Å². The van der Waals surface area contributed by atoms with E-state index < -0.39 is 5.41 Å². The molecule has 0 aliphatic carbocycles. The van der Waals surface area contributed by atoms with Gasteiger partial charge in [-0.3, -0.25) is 4.79 Å². The van der Waals surface area contributed by atoms with Crippen LogP contribution in [0.1, 0.15) is 6.92 Å².